The Balaban J connectivity index is 1.31. The number of aromatic nitrogens is 5. The van der Waals surface area contributed by atoms with Gasteiger partial charge in [0.1, 0.15) is 10.7 Å². The molecule has 0 spiro atoms. The molecule has 1 amide bonds. The third kappa shape index (κ3) is 4.81. The van der Waals surface area contributed by atoms with E-state index in [9.17, 15) is 4.79 Å². The molecule has 0 fully saturated rings. The minimum Gasteiger partial charge on any atom is -0.324 e. The lowest BCUT2D eigenvalue weighted by molar-refractivity contribution is 0.103. The Bertz CT molecular complexity index is 1500. The molecule has 0 atom stereocenters. The fourth-order valence-electron chi connectivity index (χ4n) is 3.15. The number of anilines is 5. The highest BCUT2D eigenvalue weighted by atomic mass is 35.5. The number of carbonyl (C=O) groups is 1. The molecular formula is C22H17ClN8OS2. The fraction of sp³-hybridized carbons (Fsp3) is 0.0909. The first-order chi connectivity index (χ1) is 16.4. The van der Waals surface area contributed by atoms with Crippen LogP contribution in [0.1, 0.15) is 21.1 Å². The molecule has 0 unspecified atom stereocenters. The van der Waals surface area contributed by atoms with E-state index in [2.05, 4.69) is 40.9 Å². The number of amides is 1. The van der Waals surface area contributed by atoms with Crippen molar-refractivity contribution in [3.05, 3.63) is 69.4 Å². The van der Waals surface area contributed by atoms with Crippen molar-refractivity contribution in [2.75, 3.05) is 16.0 Å². The molecule has 9 nitrogen and oxygen atoms in total. The number of rotatable bonds is 6. The van der Waals surface area contributed by atoms with Gasteiger partial charge in [-0.05, 0) is 43.7 Å². The highest BCUT2D eigenvalue weighted by molar-refractivity contribution is 7.17. The number of carbonyl (C=O) groups excluding carboxylic acids is 1. The predicted octanol–water partition coefficient (Wildman–Crippen LogP) is 5.95. The molecule has 5 aromatic rings. The molecule has 3 heterocycles. The van der Waals surface area contributed by atoms with Gasteiger partial charge in [-0.25, -0.2) is 9.97 Å². The van der Waals surface area contributed by atoms with Crippen molar-refractivity contribution >= 4 is 78.8 Å². The first-order valence-electron chi connectivity index (χ1n) is 10.1. The lowest BCUT2D eigenvalue weighted by Gasteiger charge is -2.09. The number of hydrogen-bond acceptors (Lipinski definition) is 10. The number of halogens is 1. The number of nitrogens with one attached hydrogen (secondary N) is 3. The van der Waals surface area contributed by atoms with Crippen molar-refractivity contribution in [2.45, 2.75) is 13.8 Å². The summed E-state index contributed by atoms with van der Waals surface area (Å²) in [6.45, 7) is 3.66. The number of aryl methyl sites for hydroxylation is 2. The number of fused-ring (bicyclic) bond motifs is 1. The molecule has 5 rings (SSSR count). The van der Waals surface area contributed by atoms with Crippen LogP contribution in [0.4, 0.5) is 28.4 Å². The third-order valence-corrected chi connectivity index (χ3v) is 6.76. The van der Waals surface area contributed by atoms with Crippen LogP contribution in [-0.4, -0.2) is 30.8 Å². The molecule has 0 radical (unpaired) electrons. The van der Waals surface area contributed by atoms with Gasteiger partial charge in [-0.3, -0.25) is 10.1 Å². The zero-order valence-corrected chi connectivity index (χ0v) is 20.3. The van der Waals surface area contributed by atoms with Crippen molar-refractivity contribution in [3.63, 3.8) is 0 Å². The summed E-state index contributed by atoms with van der Waals surface area (Å²) in [5.74, 6) is 0.941. The second kappa shape index (κ2) is 9.29. The molecule has 34 heavy (non-hydrogen) atoms. The van der Waals surface area contributed by atoms with Gasteiger partial charge in [-0.2, -0.15) is 15.0 Å². The molecule has 0 aliphatic rings. The smallest absolute Gasteiger partial charge is 0.267 e. The average Bonchev–Trinajstić information content (AvgIpc) is 3.45. The van der Waals surface area contributed by atoms with Crippen LogP contribution < -0.4 is 16.0 Å². The van der Waals surface area contributed by atoms with Gasteiger partial charge in [0.15, 0.2) is 5.13 Å². The van der Waals surface area contributed by atoms with Gasteiger partial charge in [0.2, 0.25) is 11.9 Å². The predicted molar refractivity (Wildman–Crippen MR) is 137 cm³/mol. The van der Waals surface area contributed by atoms with E-state index in [4.69, 9.17) is 11.6 Å². The molecule has 3 aromatic heterocycles. The normalized spacial score (nSPS) is 10.9. The SMILES string of the molecule is Cc1nc(Nc2ccc3ncsc3c2)nc(Nc2ncc(C(=O)Nc3c(C)cccc3Cl)s2)n1. The fourth-order valence-corrected chi connectivity index (χ4v) is 4.84. The van der Waals surface area contributed by atoms with Crippen LogP contribution in [0.5, 0.6) is 0 Å². The summed E-state index contributed by atoms with van der Waals surface area (Å²) in [6.07, 6.45) is 1.49. The highest BCUT2D eigenvalue weighted by Gasteiger charge is 2.15. The lowest BCUT2D eigenvalue weighted by Crippen LogP contribution is -2.11. The molecule has 170 valence electrons. The number of thiazole rings is 2. The van der Waals surface area contributed by atoms with E-state index >= 15 is 0 Å². The quantitative estimate of drug-likeness (QED) is 0.257. The largest absolute Gasteiger partial charge is 0.324 e. The van der Waals surface area contributed by atoms with E-state index < -0.39 is 0 Å². The van der Waals surface area contributed by atoms with Gasteiger partial charge in [0, 0.05) is 5.69 Å². The zero-order chi connectivity index (χ0) is 23.7. The first kappa shape index (κ1) is 22.1. The standard InChI is InChI=1S/C22H17ClN8OS2/c1-11-4-3-5-14(23)18(11)29-19(32)17-9-24-22(34-17)31-21-27-12(2)26-20(30-21)28-13-6-7-15-16(8-13)33-10-25-15/h3-10H,1-2H3,(H,29,32)(H2,24,26,27,28,30,31). The van der Waals surface area contributed by atoms with Gasteiger partial charge in [-0.1, -0.05) is 35.1 Å². The zero-order valence-electron chi connectivity index (χ0n) is 18.0. The maximum absolute atomic E-state index is 12.7. The Morgan fingerprint density at radius 3 is 2.65 bits per heavy atom. The van der Waals surface area contributed by atoms with E-state index in [0.29, 0.717) is 38.4 Å². The second-order valence-electron chi connectivity index (χ2n) is 7.23. The lowest BCUT2D eigenvalue weighted by atomic mass is 10.2. The van der Waals surface area contributed by atoms with Gasteiger partial charge in [0.05, 0.1) is 32.6 Å². The van der Waals surface area contributed by atoms with E-state index in [0.717, 1.165) is 21.5 Å². The van der Waals surface area contributed by atoms with Crippen LogP contribution >= 0.6 is 34.3 Å². The van der Waals surface area contributed by atoms with Gasteiger partial charge >= 0.3 is 0 Å². The molecule has 0 bridgehead atoms. The van der Waals surface area contributed by atoms with Gasteiger partial charge in [0.25, 0.3) is 5.91 Å². The van der Waals surface area contributed by atoms with Crippen molar-refractivity contribution in [3.8, 4) is 0 Å². The maximum atomic E-state index is 12.7. The summed E-state index contributed by atoms with van der Waals surface area (Å²) < 4.78 is 1.06. The van der Waals surface area contributed by atoms with Crippen molar-refractivity contribution < 1.29 is 4.79 Å². The number of benzene rings is 2. The van der Waals surface area contributed by atoms with Crippen LogP contribution in [-0.2, 0) is 0 Å². The Labute approximate surface area is 207 Å². The topological polar surface area (TPSA) is 118 Å². The Hall–Kier alpha value is -3.67. The highest BCUT2D eigenvalue weighted by Crippen LogP contribution is 2.28. The van der Waals surface area contributed by atoms with Crippen LogP contribution in [0.2, 0.25) is 5.02 Å². The number of hydrogen-bond donors (Lipinski definition) is 3. The molecule has 2 aromatic carbocycles. The number of para-hydroxylation sites is 1. The molecule has 0 saturated carbocycles. The van der Waals surface area contributed by atoms with Crippen LogP contribution in [0, 0.1) is 13.8 Å². The first-order valence-corrected chi connectivity index (χ1v) is 12.1. The summed E-state index contributed by atoms with van der Waals surface area (Å²) in [4.78, 5) is 34.8. The monoisotopic (exact) mass is 508 g/mol. The van der Waals surface area contributed by atoms with E-state index in [-0.39, 0.29) is 5.91 Å². The van der Waals surface area contributed by atoms with Crippen LogP contribution in [0.25, 0.3) is 10.2 Å². The van der Waals surface area contributed by atoms with Crippen LogP contribution in [0.15, 0.2) is 48.1 Å². The summed E-state index contributed by atoms with van der Waals surface area (Å²) in [7, 11) is 0. The molecular weight excluding hydrogens is 492 g/mol. The minimum atomic E-state index is -0.297. The third-order valence-electron chi connectivity index (χ3n) is 4.74. The summed E-state index contributed by atoms with van der Waals surface area (Å²) in [5, 5.41) is 10.0. The van der Waals surface area contributed by atoms with Crippen LogP contribution in [0.3, 0.4) is 0 Å². The number of nitrogens with zero attached hydrogens (tertiary/aromatic N) is 5. The molecule has 0 aliphatic heterocycles. The summed E-state index contributed by atoms with van der Waals surface area (Å²) in [5.41, 5.74) is 5.05. The minimum absolute atomic E-state index is 0.297. The van der Waals surface area contributed by atoms with Crippen molar-refractivity contribution in [2.24, 2.45) is 0 Å². The average molecular weight is 509 g/mol. The Kier molecular flexibility index (Phi) is 6.05. The molecule has 0 saturated heterocycles. The summed E-state index contributed by atoms with van der Waals surface area (Å²) in [6, 6.07) is 11.3. The van der Waals surface area contributed by atoms with Crippen molar-refractivity contribution in [1.82, 2.24) is 24.9 Å². The Morgan fingerprint density at radius 1 is 1.00 bits per heavy atom. The van der Waals surface area contributed by atoms with Gasteiger partial charge < -0.3 is 10.6 Å². The summed E-state index contributed by atoms with van der Waals surface area (Å²) >= 11 is 8.96. The second-order valence-corrected chi connectivity index (χ2v) is 9.55. The van der Waals surface area contributed by atoms with E-state index in [1.54, 1.807) is 24.3 Å². The molecule has 0 aliphatic carbocycles. The maximum Gasteiger partial charge on any atom is 0.267 e. The molecule has 12 heteroatoms. The molecule has 3 N–H and O–H groups in total. The van der Waals surface area contributed by atoms with Gasteiger partial charge in [-0.15, -0.1) is 11.3 Å². The van der Waals surface area contributed by atoms with E-state index in [1.807, 2.05) is 42.8 Å². The Morgan fingerprint density at radius 2 is 1.82 bits per heavy atom. The van der Waals surface area contributed by atoms with E-state index in [1.165, 1.54) is 17.5 Å². The van der Waals surface area contributed by atoms with Crippen molar-refractivity contribution in [1.29, 1.82) is 0 Å².